The molecule has 2 heteroatoms. The Morgan fingerprint density at radius 2 is 1.80 bits per heavy atom. The number of hydrogen-bond donors (Lipinski definition) is 0. The molecule has 0 aliphatic carbocycles. The molecular formula is C13H18BrN. The van der Waals surface area contributed by atoms with Gasteiger partial charge in [-0.3, -0.25) is 4.99 Å². The van der Waals surface area contributed by atoms with Crippen molar-refractivity contribution in [3.05, 3.63) is 35.9 Å². The second kappa shape index (κ2) is 6.06. The van der Waals surface area contributed by atoms with E-state index >= 15 is 0 Å². The van der Waals surface area contributed by atoms with Gasteiger partial charge in [0.2, 0.25) is 0 Å². The third-order valence-electron chi connectivity index (χ3n) is 2.61. The number of halogens is 1. The topological polar surface area (TPSA) is 12.4 Å². The molecule has 0 amide bonds. The van der Waals surface area contributed by atoms with Crippen LogP contribution in [-0.4, -0.2) is 10.5 Å². The van der Waals surface area contributed by atoms with E-state index in [2.05, 4.69) is 46.9 Å². The van der Waals surface area contributed by atoms with Crippen molar-refractivity contribution in [1.82, 2.24) is 0 Å². The third-order valence-corrected chi connectivity index (χ3v) is 3.94. The quantitative estimate of drug-likeness (QED) is 0.560. The van der Waals surface area contributed by atoms with Crippen LogP contribution < -0.4 is 0 Å². The second-order valence-corrected chi connectivity index (χ2v) is 5.28. The SMILES string of the molecule is CCC(Br)(C=NCc1ccccc1)CC. The minimum atomic E-state index is 0.0851. The summed E-state index contributed by atoms with van der Waals surface area (Å²) in [5.74, 6) is 0. The van der Waals surface area contributed by atoms with E-state index in [-0.39, 0.29) is 4.32 Å². The van der Waals surface area contributed by atoms with E-state index in [1.807, 2.05) is 24.4 Å². The maximum Gasteiger partial charge on any atom is 0.0636 e. The first-order valence-electron chi connectivity index (χ1n) is 5.44. The van der Waals surface area contributed by atoms with Gasteiger partial charge in [0, 0.05) is 6.21 Å². The van der Waals surface area contributed by atoms with Gasteiger partial charge in [0.1, 0.15) is 0 Å². The molecule has 1 nitrogen and oxygen atoms in total. The molecule has 0 N–H and O–H groups in total. The highest BCUT2D eigenvalue weighted by atomic mass is 79.9. The molecule has 1 aromatic carbocycles. The van der Waals surface area contributed by atoms with Gasteiger partial charge in [-0.05, 0) is 18.4 Å². The van der Waals surface area contributed by atoms with Crippen molar-refractivity contribution in [2.45, 2.75) is 37.6 Å². The molecule has 0 radical (unpaired) electrons. The lowest BCUT2D eigenvalue weighted by Gasteiger charge is -2.18. The maximum absolute atomic E-state index is 4.48. The zero-order valence-electron chi connectivity index (χ0n) is 9.41. The normalized spacial score (nSPS) is 12.2. The Kier molecular flexibility index (Phi) is 5.03. The summed E-state index contributed by atoms with van der Waals surface area (Å²) in [7, 11) is 0. The average Bonchev–Trinajstić information content (AvgIpc) is 2.30. The van der Waals surface area contributed by atoms with E-state index < -0.39 is 0 Å². The third kappa shape index (κ3) is 4.17. The summed E-state index contributed by atoms with van der Waals surface area (Å²) in [6.07, 6.45) is 4.18. The molecule has 0 unspecified atom stereocenters. The van der Waals surface area contributed by atoms with Crippen molar-refractivity contribution in [3.63, 3.8) is 0 Å². The zero-order valence-corrected chi connectivity index (χ0v) is 11.0. The molecule has 1 aromatic rings. The lowest BCUT2D eigenvalue weighted by molar-refractivity contribution is 0.716. The number of hydrogen-bond acceptors (Lipinski definition) is 1. The molecular weight excluding hydrogens is 250 g/mol. The predicted octanol–water partition coefficient (Wildman–Crippen LogP) is 4.21. The number of aliphatic imine (C=N–C) groups is 1. The minimum Gasteiger partial charge on any atom is -0.291 e. The van der Waals surface area contributed by atoms with E-state index in [0.29, 0.717) is 0 Å². The van der Waals surface area contributed by atoms with Gasteiger partial charge in [0.15, 0.2) is 0 Å². The van der Waals surface area contributed by atoms with E-state index in [9.17, 15) is 0 Å². The van der Waals surface area contributed by atoms with Gasteiger partial charge in [-0.25, -0.2) is 0 Å². The van der Waals surface area contributed by atoms with Crippen molar-refractivity contribution in [2.75, 3.05) is 0 Å². The summed E-state index contributed by atoms with van der Waals surface area (Å²) < 4.78 is 0.0851. The van der Waals surface area contributed by atoms with E-state index in [4.69, 9.17) is 0 Å². The van der Waals surface area contributed by atoms with E-state index in [1.54, 1.807) is 0 Å². The van der Waals surface area contributed by atoms with Crippen molar-refractivity contribution in [3.8, 4) is 0 Å². The summed E-state index contributed by atoms with van der Waals surface area (Å²) in [5.41, 5.74) is 1.26. The first-order chi connectivity index (χ1) is 7.20. The Morgan fingerprint density at radius 3 is 2.33 bits per heavy atom. The highest BCUT2D eigenvalue weighted by molar-refractivity contribution is 9.10. The van der Waals surface area contributed by atoms with Crippen LogP contribution in [0, 0.1) is 0 Å². The highest BCUT2D eigenvalue weighted by Crippen LogP contribution is 2.23. The molecule has 0 fully saturated rings. The molecule has 0 bridgehead atoms. The number of alkyl halides is 1. The summed E-state index contributed by atoms with van der Waals surface area (Å²) in [6.45, 7) is 5.12. The van der Waals surface area contributed by atoms with E-state index in [1.165, 1.54) is 5.56 Å². The van der Waals surface area contributed by atoms with Crippen LogP contribution >= 0.6 is 15.9 Å². The number of rotatable bonds is 5. The van der Waals surface area contributed by atoms with Crippen LogP contribution in [0.3, 0.4) is 0 Å². The minimum absolute atomic E-state index is 0.0851. The molecule has 82 valence electrons. The monoisotopic (exact) mass is 267 g/mol. The summed E-state index contributed by atoms with van der Waals surface area (Å²) >= 11 is 3.71. The molecule has 0 aliphatic heterocycles. The molecule has 0 aliphatic rings. The molecule has 15 heavy (non-hydrogen) atoms. The van der Waals surface area contributed by atoms with Gasteiger partial charge < -0.3 is 0 Å². The van der Waals surface area contributed by atoms with Crippen LogP contribution in [-0.2, 0) is 6.54 Å². The van der Waals surface area contributed by atoms with Crippen LogP contribution in [0.1, 0.15) is 32.3 Å². The van der Waals surface area contributed by atoms with Crippen LogP contribution in [0.5, 0.6) is 0 Å². The summed E-state index contributed by atoms with van der Waals surface area (Å²) in [4.78, 5) is 4.48. The standard InChI is InChI=1S/C13H18BrN/c1-3-13(14,4-2)11-15-10-12-8-6-5-7-9-12/h5-9,11H,3-4,10H2,1-2H3. The fourth-order valence-corrected chi connectivity index (χ4v) is 1.48. The Hall–Kier alpha value is -0.630. The second-order valence-electron chi connectivity index (χ2n) is 3.70. The Labute approximate surface area is 101 Å². The Balaban J connectivity index is 2.53. The molecule has 1 rings (SSSR count). The predicted molar refractivity (Wildman–Crippen MR) is 70.9 cm³/mol. The summed E-state index contributed by atoms with van der Waals surface area (Å²) in [6, 6.07) is 10.3. The number of nitrogens with zero attached hydrogens (tertiary/aromatic N) is 1. The molecule has 0 heterocycles. The van der Waals surface area contributed by atoms with Gasteiger partial charge in [0.25, 0.3) is 0 Å². The fourth-order valence-electron chi connectivity index (χ4n) is 1.33. The van der Waals surface area contributed by atoms with Gasteiger partial charge in [0.05, 0.1) is 10.9 Å². The fraction of sp³-hybridized carbons (Fsp3) is 0.462. The van der Waals surface area contributed by atoms with Crippen molar-refractivity contribution >= 4 is 22.1 Å². The maximum atomic E-state index is 4.48. The van der Waals surface area contributed by atoms with Crippen LogP contribution in [0.4, 0.5) is 0 Å². The smallest absolute Gasteiger partial charge is 0.0636 e. The van der Waals surface area contributed by atoms with Gasteiger partial charge in [-0.2, -0.15) is 0 Å². The van der Waals surface area contributed by atoms with Gasteiger partial charge in [-0.1, -0.05) is 60.1 Å². The zero-order chi connectivity index (χ0) is 11.1. The lowest BCUT2D eigenvalue weighted by Crippen LogP contribution is -2.19. The molecule has 0 aromatic heterocycles. The Morgan fingerprint density at radius 1 is 1.20 bits per heavy atom. The lowest BCUT2D eigenvalue weighted by atomic mass is 10.1. The largest absolute Gasteiger partial charge is 0.291 e. The van der Waals surface area contributed by atoms with Crippen LogP contribution in [0.15, 0.2) is 35.3 Å². The van der Waals surface area contributed by atoms with Crippen molar-refractivity contribution in [1.29, 1.82) is 0 Å². The van der Waals surface area contributed by atoms with Crippen LogP contribution in [0.25, 0.3) is 0 Å². The summed E-state index contributed by atoms with van der Waals surface area (Å²) in [5, 5.41) is 0. The van der Waals surface area contributed by atoms with Crippen LogP contribution in [0.2, 0.25) is 0 Å². The van der Waals surface area contributed by atoms with Gasteiger partial charge in [-0.15, -0.1) is 0 Å². The van der Waals surface area contributed by atoms with Crippen molar-refractivity contribution < 1.29 is 0 Å². The molecule has 0 atom stereocenters. The average molecular weight is 268 g/mol. The molecule has 0 saturated heterocycles. The van der Waals surface area contributed by atoms with Gasteiger partial charge >= 0.3 is 0 Å². The molecule has 0 saturated carbocycles. The van der Waals surface area contributed by atoms with E-state index in [0.717, 1.165) is 19.4 Å². The molecule has 0 spiro atoms. The number of benzene rings is 1. The first-order valence-corrected chi connectivity index (χ1v) is 6.23. The first kappa shape index (κ1) is 12.4. The Bertz CT molecular complexity index is 302. The van der Waals surface area contributed by atoms with Crippen molar-refractivity contribution in [2.24, 2.45) is 4.99 Å². The highest BCUT2D eigenvalue weighted by Gasteiger charge is 2.18.